The van der Waals surface area contributed by atoms with Crippen LogP contribution in [0.2, 0.25) is 0 Å². The predicted octanol–water partition coefficient (Wildman–Crippen LogP) is 3.51. The van der Waals surface area contributed by atoms with Gasteiger partial charge in [-0.2, -0.15) is 0 Å². The third-order valence-corrected chi connectivity index (χ3v) is 6.63. The van der Waals surface area contributed by atoms with Crippen molar-refractivity contribution >= 4 is 17.2 Å². The van der Waals surface area contributed by atoms with Crippen LogP contribution in [0.15, 0.2) is 35.7 Å². The number of piperidine rings is 1. The topological polar surface area (TPSA) is 53.4 Å². The average Bonchev–Trinajstić information content (AvgIpc) is 3.10. The molecule has 1 aliphatic carbocycles. The van der Waals surface area contributed by atoms with Crippen LogP contribution in [0.1, 0.15) is 37.8 Å². The van der Waals surface area contributed by atoms with Crippen LogP contribution < -0.4 is 0 Å². The van der Waals surface area contributed by atoms with Gasteiger partial charge in [-0.25, -0.2) is 4.98 Å². The Morgan fingerprint density at radius 1 is 1.28 bits per heavy atom. The van der Waals surface area contributed by atoms with Crippen LogP contribution in [0, 0.1) is 5.92 Å². The molecule has 1 aromatic carbocycles. The number of nitrogens with zero attached hydrogens (tertiary/aromatic N) is 2. The number of amides is 1. The molecule has 0 spiro atoms. The lowest BCUT2D eigenvalue weighted by Crippen LogP contribution is -2.54. The van der Waals surface area contributed by atoms with Crippen molar-refractivity contribution in [1.82, 2.24) is 9.88 Å². The molecule has 2 aromatic rings. The van der Waals surface area contributed by atoms with Gasteiger partial charge in [0, 0.05) is 30.0 Å². The number of likely N-dealkylation sites (tertiary alicyclic amines) is 1. The third kappa shape index (κ3) is 3.48. The smallest absolute Gasteiger partial charge is 0.228 e. The second-order valence-electron chi connectivity index (χ2n) is 7.32. The maximum Gasteiger partial charge on any atom is 0.228 e. The molecular formula is C20H24N2O2S. The van der Waals surface area contributed by atoms with Crippen molar-refractivity contribution in [2.75, 3.05) is 13.1 Å². The van der Waals surface area contributed by atoms with Gasteiger partial charge in [0.05, 0.1) is 17.7 Å². The van der Waals surface area contributed by atoms with E-state index in [1.165, 1.54) is 6.42 Å². The molecule has 2 atom stereocenters. The Morgan fingerprint density at radius 2 is 2.12 bits per heavy atom. The quantitative estimate of drug-likeness (QED) is 0.916. The SMILES string of the molecule is O=C(Cc1csc(-c2ccccc2)n1)N1CC[C@@]2(O)CCCC[C@@H]2C1. The van der Waals surface area contributed by atoms with Crippen molar-refractivity contribution in [2.24, 2.45) is 5.92 Å². The summed E-state index contributed by atoms with van der Waals surface area (Å²) in [7, 11) is 0. The van der Waals surface area contributed by atoms with E-state index in [0.29, 0.717) is 19.5 Å². The van der Waals surface area contributed by atoms with Crippen molar-refractivity contribution in [3.63, 3.8) is 0 Å². The Hall–Kier alpha value is -1.72. The van der Waals surface area contributed by atoms with Gasteiger partial charge >= 0.3 is 0 Å². The molecule has 1 saturated carbocycles. The van der Waals surface area contributed by atoms with Crippen LogP contribution >= 0.6 is 11.3 Å². The van der Waals surface area contributed by atoms with Gasteiger partial charge in [0.1, 0.15) is 5.01 Å². The third-order valence-electron chi connectivity index (χ3n) is 5.69. The minimum absolute atomic E-state index is 0.137. The van der Waals surface area contributed by atoms with E-state index in [1.807, 2.05) is 40.6 Å². The highest BCUT2D eigenvalue weighted by Gasteiger charge is 2.43. The number of carbonyl (C=O) groups excluding carboxylic acids is 1. The van der Waals surface area contributed by atoms with E-state index in [0.717, 1.165) is 41.9 Å². The molecule has 1 aliphatic heterocycles. The molecule has 0 radical (unpaired) electrons. The van der Waals surface area contributed by atoms with E-state index >= 15 is 0 Å². The van der Waals surface area contributed by atoms with Crippen molar-refractivity contribution in [3.05, 3.63) is 41.4 Å². The Kier molecular flexibility index (Phi) is 4.61. The minimum atomic E-state index is -0.532. The van der Waals surface area contributed by atoms with Crippen molar-refractivity contribution in [3.8, 4) is 10.6 Å². The van der Waals surface area contributed by atoms with Gasteiger partial charge in [-0.15, -0.1) is 11.3 Å². The number of hydrogen-bond acceptors (Lipinski definition) is 4. The maximum absolute atomic E-state index is 12.7. The monoisotopic (exact) mass is 356 g/mol. The molecule has 2 fully saturated rings. The molecule has 132 valence electrons. The molecule has 2 heterocycles. The molecule has 25 heavy (non-hydrogen) atoms. The highest BCUT2D eigenvalue weighted by molar-refractivity contribution is 7.13. The van der Waals surface area contributed by atoms with E-state index in [9.17, 15) is 9.90 Å². The Morgan fingerprint density at radius 3 is 2.96 bits per heavy atom. The zero-order valence-corrected chi connectivity index (χ0v) is 15.2. The second kappa shape index (κ2) is 6.89. The van der Waals surface area contributed by atoms with Crippen molar-refractivity contribution in [1.29, 1.82) is 0 Å². The van der Waals surface area contributed by atoms with Gasteiger partial charge in [-0.3, -0.25) is 4.79 Å². The fourth-order valence-corrected chi connectivity index (χ4v) is 4.99. The van der Waals surface area contributed by atoms with Crippen LogP contribution in [-0.2, 0) is 11.2 Å². The van der Waals surface area contributed by atoms with Crippen LogP contribution in [-0.4, -0.2) is 39.6 Å². The zero-order chi connectivity index (χ0) is 17.3. The summed E-state index contributed by atoms with van der Waals surface area (Å²) < 4.78 is 0. The van der Waals surface area contributed by atoms with E-state index in [4.69, 9.17) is 0 Å². The van der Waals surface area contributed by atoms with E-state index in [-0.39, 0.29) is 11.8 Å². The molecule has 4 rings (SSSR count). The first kappa shape index (κ1) is 16.7. The van der Waals surface area contributed by atoms with Crippen molar-refractivity contribution in [2.45, 2.75) is 44.1 Å². The summed E-state index contributed by atoms with van der Waals surface area (Å²) in [5, 5.41) is 13.7. The van der Waals surface area contributed by atoms with E-state index in [1.54, 1.807) is 11.3 Å². The number of carbonyl (C=O) groups is 1. The van der Waals surface area contributed by atoms with Crippen molar-refractivity contribution < 1.29 is 9.90 Å². The van der Waals surface area contributed by atoms with Gasteiger partial charge in [-0.1, -0.05) is 43.2 Å². The second-order valence-corrected chi connectivity index (χ2v) is 8.18. The molecule has 1 N–H and O–H groups in total. The summed E-state index contributed by atoms with van der Waals surface area (Å²) in [4.78, 5) is 19.3. The molecule has 1 amide bonds. The normalized spacial score (nSPS) is 26.3. The Balaban J connectivity index is 1.40. The Bertz CT molecular complexity index is 745. The number of thiazole rings is 1. The Labute approximate surface area is 152 Å². The fraction of sp³-hybridized carbons (Fsp3) is 0.500. The summed E-state index contributed by atoms with van der Waals surface area (Å²) in [5.74, 6) is 0.381. The van der Waals surface area contributed by atoms with Gasteiger partial charge < -0.3 is 10.0 Å². The first-order valence-corrected chi connectivity index (χ1v) is 10.0. The van der Waals surface area contributed by atoms with E-state index in [2.05, 4.69) is 4.98 Å². The van der Waals surface area contributed by atoms with Gasteiger partial charge in [0.15, 0.2) is 0 Å². The molecule has 1 aromatic heterocycles. The number of benzene rings is 1. The molecule has 5 heteroatoms. The summed E-state index contributed by atoms with van der Waals surface area (Å²) in [6.45, 7) is 1.37. The number of fused-ring (bicyclic) bond motifs is 1. The van der Waals surface area contributed by atoms with Crippen LogP contribution in [0.25, 0.3) is 10.6 Å². The first-order valence-electron chi connectivity index (χ1n) is 9.14. The lowest BCUT2D eigenvalue weighted by Gasteiger charge is -2.47. The number of aromatic nitrogens is 1. The summed E-state index contributed by atoms with van der Waals surface area (Å²) in [6, 6.07) is 10.1. The van der Waals surface area contributed by atoms with Gasteiger partial charge in [0.2, 0.25) is 5.91 Å². The van der Waals surface area contributed by atoms with Gasteiger partial charge in [0.25, 0.3) is 0 Å². The summed E-state index contributed by atoms with van der Waals surface area (Å²) in [6.07, 6.45) is 5.29. The predicted molar refractivity (Wildman–Crippen MR) is 99.4 cm³/mol. The standard InChI is InChI=1S/C20H24N2O2S/c23-18(22-11-10-20(24)9-5-4-8-16(20)13-22)12-17-14-25-19(21-17)15-6-2-1-3-7-15/h1-3,6-7,14,16,24H,4-5,8-13H2/t16-,20+/m1/s1. The molecule has 0 unspecified atom stereocenters. The highest BCUT2D eigenvalue weighted by atomic mass is 32.1. The fourth-order valence-electron chi connectivity index (χ4n) is 4.17. The van der Waals surface area contributed by atoms with Gasteiger partial charge in [-0.05, 0) is 19.3 Å². The van der Waals surface area contributed by atoms with Crippen LogP contribution in [0.4, 0.5) is 0 Å². The summed E-state index contributed by atoms with van der Waals surface area (Å²) >= 11 is 1.59. The maximum atomic E-state index is 12.7. The molecule has 4 nitrogen and oxygen atoms in total. The molecule has 2 aliphatic rings. The lowest BCUT2D eigenvalue weighted by molar-refractivity contribution is -0.142. The number of hydrogen-bond donors (Lipinski definition) is 1. The zero-order valence-electron chi connectivity index (χ0n) is 14.4. The number of aliphatic hydroxyl groups is 1. The molecule has 0 bridgehead atoms. The molecule has 1 saturated heterocycles. The first-order chi connectivity index (χ1) is 12.1. The number of rotatable bonds is 3. The average molecular weight is 356 g/mol. The van der Waals surface area contributed by atoms with E-state index < -0.39 is 5.60 Å². The highest BCUT2D eigenvalue weighted by Crippen LogP contribution is 2.39. The van der Waals surface area contributed by atoms with Crippen LogP contribution in [0.5, 0.6) is 0 Å². The minimum Gasteiger partial charge on any atom is -0.389 e. The van der Waals surface area contributed by atoms with Crippen LogP contribution in [0.3, 0.4) is 0 Å². The summed E-state index contributed by atoms with van der Waals surface area (Å²) in [5.41, 5.74) is 1.41. The lowest BCUT2D eigenvalue weighted by atomic mass is 9.71. The largest absolute Gasteiger partial charge is 0.389 e. The molecular weight excluding hydrogens is 332 g/mol.